The summed E-state index contributed by atoms with van der Waals surface area (Å²) in [6.45, 7) is 0.626. The van der Waals surface area contributed by atoms with E-state index in [0.717, 1.165) is 38.0 Å². The van der Waals surface area contributed by atoms with Crippen molar-refractivity contribution in [3.05, 3.63) is 96.1 Å². The fraction of sp³-hybridized carbons (Fsp3) is 0.622. The minimum absolute atomic E-state index is 0.00751. The molecule has 5 aliphatic rings. The van der Waals surface area contributed by atoms with Crippen molar-refractivity contribution < 1.29 is 9.90 Å². The number of aliphatic carboxylic acids is 1. The van der Waals surface area contributed by atoms with E-state index < -0.39 is 5.97 Å². The first-order valence-electron chi connectivity index (χ1n) is 19.9. The van der Waals surface area contributed by atoms with Gasteiger partial charge in [0.2, 0.25) is 0 Å². The van der Waals surface area contributed by atoms with E-state index >= 15 is 0 Å². The molecule has 3 N–H and O–H groups in total. The lowest BCUT2D eigenvalue weighted by Crippen LogP contribution is -2.55. The number of allylic oxidation sites excluding steroid dienone is 4. The summed E-state index contributed by atoms with van der Waals surface area (Å²) in [4.78, 5) is 12.7. The van der Waals surface area contributed by atoms with Crippen molar-refractivity contribution in [2.75, 3.05) is 6.54 Å². The first kappa shape index (κ1) is 35.2. The van der Waals surface area contributed by atoms with Gasteiger partial charge in [0.05, 0.1) is 0 Å². The number of carboxylic acid groups (broad SMARTS) is 1. The maximum absolute atomic E-state index is 12.7. The highest BCUT2D eigenvalue weighted by atomic mass is 16.4. The Hall–Kier alpha value is -2.65. The lowest BCUT2D eigenvalue weighted by Gasteiger charge is -2.60. The summed E-state index contributed by atoms with van der Waals surface area (Å²) in [5.41, 5.74) is 9.36. The topological polar surface area (TPSA) is 63.3 Å². The maximum atomic E-state index is 12.7. The normalized spacial score (nSPS) is 31.3. The van der Waals surface area contributed by atoms with Gasteiger partial charge in [0.1, 0.15) is 0 Å². The number of hydrogen-bond acceptors (Lipinski definition) is 2. The second-order valence-electron chi connectivity index (χ2n) is 16.3. The minimum atomic E-state index is -0.645. The van der Waals surface area contributed by atoms with Crippen molar-refractivity contribution in [3.8, 4) is 0 Å². The molecule has 5 aliphatic carbocycles. The van der Waals surface area contributed by atoms with Crippen LogP contribution in [0.25, 0.3) is 0 Å². The number of nitrogens with two attached hydrogens (primary N) is 1. The summed E-state index contributed by atoms with van der Waals surface area (Å²) in [6, 6.07) is 22.3. The largest absolute Gasteiger partial charge is 0.481 e. The number of carbonyl (C=O) groups is 1. The van der Waals surface area contributed by atoms with Crippen molar-refractivity contribution in [2.24, 2.45) is 46.7 Å². The molecule has 0 radical (unpaired) electrons. The predicted octanol–water partition coefficient (Wildman–Crippen LogP) is 11.1. The van der Waals surface area contributed by atoms with Crippen LogP contribution in [0.15, 0.2) is 85.0 Å². The molecular weight excluding hydrogens is 587 g/mol. The number of fused-ring (bicyclic) bond motifs is 2. The highest BCUT2D eigenvalue weighted by molar-refractivity contribution is 5.67. The Bertz CT molecular complexity index is 1330. The molecule has 2 aromatic carbocycles. The van der Waals surface area contributed by atoms with E-state index in [2.05, 4.69) is 85.0 Å². The lowest BCUT2D eigenvalue weighted by atomic mass is 9.43. The van der Waals surface area contributed by atoms with Crippen LogP contribution in [-0.2, 0) is 16.6 Å². The highest BCUT2D eigenvalue weighted by Crippen LogP contribution is 2.64. The molecule has 3 saturated carbocycles. The Morgan fingerprint density at radius 1 is 0.875 bits per heavy atom. The number of rotatable bonds is 15. The zero-order valence-corrected chi connectivity index (χ0v) is 29.6. The zero-order valence-electron chi connectivity index (χ0n) is 29.6. The van der Waals surface area contributed by atoms with E-state index in [0.29, 0.717) is 24.3 Å². The second-order valence-corrected chi connectivity index (χ2v) is 16.3. The fourth-order valence-corrected chi connectivity index (χ4v) is 11.5. The third kappa shape index (κ3) is 8.04. The van der Waals surface area contributed by atoms with E-state index in [4.69, 9.17) is 5.73 Å². The zero-order chi connectivity index (χ0) is 33.2. The standard InChI is InChI=1S/C45H63NO2/c46-32-28-41-40(33-43(47)48)42-27-31-44(41,30-26-39-23-13-14-29-45(39,42)38-21-11-4-12-22-38)34-37(25-24-36-18-8-2-9-19-36)20-10-3-7-17-35-15-5-1-6-16-35/h2-4,8-12,18-19,21-22,27,31,35,37,39-42H,1,5-7,13-17,20,23-26,28-30,32-34,46H2,(H,47,48)/t37-,39-,40+,41+,42+,44-,45-/m0/s1. The molecule has 2 aromatic rings. The second kappa shape index (κ2) is 16.8. The Morgan fingerprint density at radius 3 is 2.38 bits per heavy atom. The van der Waals surface area contributed by atoms with Crippen molar-refractivity contribution in [1.82, 2.24) is 0 Å². The number of carboxylic acids is 1. The Balaban J connectivity index is 1.31. The highest BCUT2D eigenvalue weighted by Gasteiger charge is 2.58. The lowest BCUT2D eigenvalue weighted by molar-refractivity contribution is -0.141. The average Bonchev–Trinajstić information content (AvgIpc) is 3.11. The van der Waals surface area contributed by atoms with Crippen LogP contribution in [0.4, 0.5) is 0 Å². The Morgan fingerprint density at radius 2 is 1.62 bits per heavy atom. The van der Waals surface area contributed by atoms with Crippen LogP contribution in [-0.4, -0.2) is 17.6 Å². The summed E-state index contributed by atoms with van der Waals surface area (Å²) in [5, 5.41) is 10.5. The van der Waals surface area contributed by atoms with E-state index in [-0.39, 0.29) is 29.1 Å². The number of hydrogen-bond donors (Lipinski definition) is 2. The van der Waals surface area contributed by atoms with E-state index in [1.165, 1.54) is 94.6 Å². The average molecular weight is 650 g/mol. The molecule has 2 bridgehead atoms. The first-order chi connectivity index (χ1) is 23.5. The molecule has 48 heavy (non-hydrogen) atoms. The number of aryl methyl sites for hydroxylation is 1. The molecule has 0 heterocycles. The van der Waals surface area contributed by atoms with Crippen LogP contribution < -0.4 is 5.73 Å². The molecule has 0 amide bonds. The molecule has 0 spiro atoms. The van der Waals surface area contributed by atoms with Crippen LogP contribution in [0.2, 0.25) is 0 Å². The fourth-order valence-electron chi connectivity index (χ4n) is 11.5. The van der Waals surface area contributed by atoms with Crippen LogP contribution in [0.3, 0.4) is 0 Å². The van der Waals surface area contributed by atoms with Gasteiger partial charge in [-0.05, 0) is 129 Å². The smallest absolute Gasteiger partial charge is 0.303 e. The van der Waals surface area contributed by atoms with Gasteiger partial charge in [0, 0.05) is 11.8 Å². The maximum Gasteiger partial charge on any atom is 0.303 e. The van der Waals surface area contributed by atoms with Gasteiger partial charge in [-0.1, -0.05) is 130 Å². The molecule has 0 aliphatic heterocycles. The molecule has 3 fully saturated rings. The molecule has 3 nitrogen and oxygen atoms in total. The predicted molar refractivity (Wildman–Crippen MR) is 200 cm³/mol. The van der Waals surface area contributed by atoms with Gasteiger partial charge < -0.3 is 10.8 Å². The van der Waals surface area contributed by atoms with Crippen LogP contribution in [0, 0.1) is 40.9 Å². The summed E-state index contributed by atoms with van der Waals surface area (Å²) >= 11 is 0. The van der Waals surface area contributed by atoms with Crippen molar-refractivity contribution >= 4 is 5.97 Å². The van der Waals surface area contributed by atoms with Gasteiger partial charge in [-0.2, -0.15) is 0 Å². The van der Waals surface area contributed by atoms with Gasteiger partial charge in [0.25, 0.3) is 0 Å². The van der Waals surface area contributed by atoms with Crippen LogP contribution in [0.1, 0.15) is 127 Å². The van der Waals surface area contributed by atoms with Crippen molar-refractivity contribution in [2.45, 2.75) is 127 Å². The van der Waals surface area contributed by atoms with Crippen molar-refractivity contribution in [3.63, 3.8) is 0 Å². The SMILES string of the molecule is NCC[C@@H]1[C@@H](CC(=O)O)[C@H]2C=C[C@]1(C[C@@H](CC=CCCC1CCCCC1)CCc1ccccc1)CC[C@@H]1CCCC[C@]12c1ccccc1. The van der Waals surface area contributed by atoms with Crippen LogP contribution >= 0.6 is 0 Å². The summed E-state index contributed by atoms with van der Waals surface area (Å²) in [7, 11) is 0. The van der Waals surface area contributed by atoms with Gasteiger partial charge in [-0.3, -0.25) is 4.79 Å². The molecule has 7 rings (SSSR count). The summed E-state index contributed by atoms with van der Waals surface area (Å²) in [5.74, 6) is 2.10. The van der Waals surface area contributed by atoms with E-state index in [1.807, 2.05) is 0 Å². The monoisotopic (exact) mass is 649 g/mol. The van der Waals surface area contributed by atoms with Crippen LogP contribution in [0.5, 0.6) is 0 Å². The first-order valence-corrected chi connectivity index (χ1v) is 19.9. The third-order valence-corrected chi connectivity index (χ3v) is 13.7. The molecular formula is C45H63NO2. The van der Waals surface area contributed by atoms with Gasteiger partial charge in [0.15, 0.2) is 0 Å². The quantitative estimate of drug-likeness (QED) is 0.189. The molecule has 0 unspecified atom stereocenters. The van der Waals surface area contributed by atoms with Gasteiger partial charge in [-0.25, -0.2) is 0 Å². The van der Waals surface area contributed by atoms with Gasteiger partial charge >= 0.3 is 5.97 Å². The van der Waals surface area contributed by atoms with Gasteiger partial charge in [-0.15, -0.1) is 0 Å². The van der Waals surface area contributed by atoms with Crippen molar-refractivity contribution in [1.29, 1.82) is 0 Å². The molecule has 7 atom stereocenters. The number of benzene rings is 2. The molecule has 0 saturated heterocycles. The van der Waals surface area contributed by atoms with E-state index in [1.54, 1.807) is 0 Å². The minimum Gasteiger partial charge on any atom is -0.481 e. The van der Waals surface area contributed by atoms with E-state index in [9.17, 15) is 9.90 Å². The summed E-state index contributed by atoms with van der Waals surface area (Å²) in [6.07, 6.45) is 33.0. The summed E-state index contributed by atoms with van der Waals surface area (Å²) < 4.78 is 0. The molecule has 3 heteroatoms. The Labute approximate surface area is 291 Å². The molecule has 260 valence electrons. The third-order valence-electron chi connectivity index (χ3n) is 13.7. The Kier molecular flexibility index (Phi) is 12.3. The molecule has 0 aromatic heterocycles.